The minimum Gasteiger partial charge on any atom is -0.405 e. The van der Waals surface area contributed by atoms with Crippen LogP contribution in [0.4, 0.5) is 13.2 Å². The molecule has 0 bridgehead atoms. The van der Waals surface area contributed by atoms with Gasteiger partial charge in [-0.2, -0.15) is 0 Å². The number of nitrogens with zero attached hydrogens (tertiary/aromatic N) is 1. The predicted octanol–water partition coefficient (Wildman–Crippen LogP) is 2.92. The lowest BCUT2D eigenvalue weighted by Gasteiger charge is -2.18. The molecule has 0 heterocycles. The van der Waals surface area contributed by atoms with Gasteiger partial charge in [0, 0.05) is 19.5 Å². The molecule has 7 heteroatoms. The van der Waals surface area contributed by atoms with E-state index in [2.05, 4.69) is 4.74 Å². The Hall–Kier alpha value is -1.76. The number of halogens is 3. The molecule has 23 heavy (non-hydrogen) atoms. The van der Waals surface area contributed by atoms with Gasteiger partial charge in [0.1, 0.15) is 5.75 Å². The summed E-state index contributed by atoms with van der Waals surface area (Å²) in [4.78, 5) is 13.8. The largest absolute Gasteiger partial charge is 0.573 e. The second-order valence-corrected chi connectivity index (χ2v) is 5.93. The van der Waals surface area contributed by atoms with Gasteiger partial charge in [0.25, 0.3) is 0 Å². The van der Waals surface area contributed by atoms with E-state index in [1.807, 2.05) is 0 Å². The van der Waals surface area contributed by atoms with Crippen molar-refractivity contribution < 1.29 is 27.8 Å². The number of ether oxygens (including phenoxy) is 1. The average Bonchev–Trinajstić information content (AvgIpc) is 3.23. The number of aliphatic hydroxyl groups is 1. The molecule has 3 atom stereocenters. The van der Waals surface area contributed by atoms with Gasteiger partial charge in [0.15, 0.2) is 0 Å². The molecular weight excluding hydrogens is 311 g/mol. The van der Waals surface area contributed by atoms with Crippen LogP contribution in [-0.4, -0.2) is 42.0 Å². The molecular formula is C16H20F3NO3. The number of aliphatic hydroxyl groups excluding tert-OH is 1. The Labute approximate surface area is 132 Å². The normalized spacial score (nSPS) is 21.7. The third kappa shape index (κ3) is 4.86. The molecule has 1 saturated carbocycles. The number of carbonyl (C=O) groups excluding carboxylic acids is 1. The van der Waals surface area contributed by atoms with Crippen LogP contribution in [0.3, 0.4) is 0 Å². The highest BCUT2D eigenvalue weighted by Gasteiger charge is 2.47. The van der Waals surface area contributed by atoms with Crippen molar-refractivity contribution in [3.63, 3.8) is 0 Å². The van der Waals surface area contributed by atoms with Crippen molar-refractivity contribution in [2.24, 2.45) is 5.92 Å². The number of amides is 1. The third-order valence-electron chi connectivity index (χ3n) is 3.91. The molecule has 3 unspecified atom stereocenters. The molecule has 1 amide bonds. The number of alkyl halides is 3. The smallest absolute Gasteiger partial charge is 0.405 e. The zero-order valence-corrected chi connectivity index (χ0v) is 13.0. The second kappa shape index (κ2) is 6.78. The van der Waals surface area contributed by atoms with Gasteiger partial charge in [-0.25, -0.2) is 0 Å². The molecule has 1 aliphatic carbocycles. The maximum atomic E-state index is 12.4. The summed E-state index contributed by atoms with van der Waals surface area (Å²) in [6.07, 6.45) is -4.27. The van der Waals surface area contributed by atoms with Crippen LogP contribution >= 0.6 is 0 Å². The first kappa shape index (κ1) is 17.6. The van der Waals surface area contributed by atoms with E-state index in [9.17, 15) is 23.1 Å². The van der Waals surface area contributed by atoms with E-state index >= 15 is 0 Å². The third-order valence-corrected chi connectivity index (χ3v) is 3.91. The van der Waals surface area contributed by atoms with Crippen LogP contribution in [0.2, 0.25) is 0 Å². The number of carbonyl (C=O) groups is 1. The number of benzene rings is 1. The van der Waals surface area contributed by atoms with Crippen LogP contribution in [0.5, 0.6) is 5.75 Å². The van der Waals surface area contributed by atoms with Crippen LogP contribution < -0.4 is 4.74 Å². The van der Waals surface area contributed by atoms with Crippen LogP contribution in [0.1, 0.15) is 31.2 Å². The Balaban J connectivity index is 2.02. The summed E-state index contributed by atoms with van der Waals surface area (Å²) >= 11 is 0. The van der Waals surface area contributed by atoms with Gasteiger partial charge in [-0.05, 0) is 37.3 Å². The number of hydrogen-bond donors (Lipinski definition) is 1. The molecule has 0 radical (unpaired) electrons. The van der Waals surface area contributed by atoms with E-state index < -0.39 is 12.5 Å². The summed E-state index contributed by atoms with van der Waals surface area (Å²) < 4.78 is 41.4. The van der Waals surface area contributed by atoms with Gasteiger partial charge < -0.3 is 14.7 Å². The first-order chi connectivity index (χ1) is 10.7. The summed E-state index contributed by atoms with van der Waals surface area (Å²) in [6, 6.07) is 5.93. The Morgan fingerprint density at radius 3 is 2.70 bits per heavy atom. The molecule has 1 N–H and O–H groups in total. The van der Waals surface area contributed by atoms with Crippen molar-refractivity contribution in [1.29, 1.82) is 0 Å². The quantitative estimate of drug-likeness (QED) is 0.872. The van der Waals surface area contributed by atoms with E-state index in [1.54, 1.807) is 26.1 Å². The van der Waals surface area contributed by atoms with Crippen molar-refractivity contribution in [2.75, 3.05) is 13.6 Å². The monoisotopic (exact) mass is 331 g/mol. The Morgan fingerprint density at radius 2 is 2.09 bits per heavy atom. The zero-order chi connectivity index (χ0) is 17.2. The molecule has 4 nitrogen and oxygen atoms in total. The minimum atomic E-state index is -4.75. The second-order valence-electron chi connectivity index (χ2n) is 5.93. The molecule has 0 saturated heterocycles. The molecule has 1 fully saturated rings. The first-order valence-corrected chi connectivity index (χ1v) is 7.46. The maximum Gasteiger partial charge on any atom is 0.573 e. The fraction of sp³-hybridized carbons (Fsp3) is 0.562. The van der Waals surface area contributed by atoms with Gasteiger partial charge in [-0.3, -0.25) is 4.79 Å². The lowest BCUT2D eigenvalue weighted by Crippen LogP contribution is -2.31. The van der Waals surface area contributed by atoms with Gasteiger partial charge in [0.05, 0.1) is 6.10 Å². The number of hydrogen-bond acceptors (Lipinski definition) is 3. The summed E-state index contributed by atoms with van der Waals surface area (Å²) in [6.45, 7) is 2.06. The van der Waals surface area contributed by atoms with E-state index in [4.69, 9.17) is 0 Å². The minimum absolute atomic E-state index is 0.113. The van der Waals surface area contributed by atoms with Crippen molar-refractivity contribution in [3.8, 4) is 5.75 Å². The van der Waals surface area contributed by atoms with Gasteiger partial charge in [-0.1, -0.05) is 18.2 Å². The highest BCUT2D eigenvalue weighted by molar-refractivity contribution is 5.83. The highest BCUT2D eigenvalue weighted by atomic mass is 19.4. The van der Waals surface area contributed by atoms with Crippen molar-refractivity contribution >= 4 is 5.91 Å². The van der Waals surface area contributed by atoms with E-state index in [0.29, 0.717) is 24.9 Å². The number of rotatable bonds is 6. The van der Waals surface area contributed by atoms with Crippen LogP contribution in [0.25, 0.3) is 0 Å². The fourth-order valence-corrected chi connectivity index (χ4v) is 2.59. The highest BCUT2D eigenvalue weighted by Crippen LogP contribution is 2.51. The average molecular weight is 331 g/mol. The lowest BCUT2D eigenvalue weighted by molar-refractivity contribution is -0.274. The summed E-state index contributed by atoms with van der Waals surface area (Å²) in [7, 11) is 1.64. The predicted molar refractivity (Wildman–Crippen MR) is 77.9 cm³/mol. The van der Waals surface area contributed by atoms with E-state index in [1.165, 1.54) is 17.0 Å². The Morgan fingerprint density at radius 1 is 1.43 bits per heavy atom. The Kier molecular flexibility index (Phi) is 5.19. The molecule has 1 aromatic rings. The summed E-state index contributed by atoms with van der Waals surface area (Å²) in [5.41, 5.74) is 0.409. The van der Waals surface area contributed by atoms with E-state index in [0.717, 1.165) is 0 Å². The summed E-state index contributed by atoms with van der Waals surface area (Å²) in [5, 5.41) is 9.25. The Bertz CT molecular complexity index is 560. The van der Waals surface area contributed by atoms with Crippen LogP contribution in [0, 0.1) is 5.92 Å². The molecule has 0 aromatic heterocycles. The molecule has 1 aliphatic rings. The topological polar surface area (TPSA) is 49.8 Å². The van der Waals surface area contributed by atoms with Gasteiger partial charge in [-0.15, -0.1) is 13.2 Å². The van der Waals surface area contributed by atoms with Gasteiger partial charge >= 0.3 is 6.36 Å². The first-order valence-electron chi connectivity index (χ1n) is 7.46. The lowest BCUT2D eigenvalue weighted by atomic mass is 10.1. The fourth-order valence-electron chi connectivity index (χ4n) is 2.59. The number of para-hydroxylation sites is 1. The zero-order valence-electron chi connectivity index (χ0n) is 13.0. The van der Waals surface area contributed by atoms with Crippen LogP contribution in [0.15, 0.2) is 24.3 Å². The molecule has 2 rings (SSSR count). The molecule has 0 spiro atoms. The SMILES string of the molecule is CC(O)CCN(C)C(=O)C1CC1c1ccccc1OC(F)(F)F. The van der Waals surface area contributed by atoms with Gasteiger partial charge in [0.2, 0.25) is 5.91 Å². The van der Waals surface area contributed by atoms with Crippen molar-refractivity contribution in [1.82, 2.24) is 4.90 Å². The van der Waals surface area contributed by atoms with E-state index in [-0.39, 0.29) is 23.5 Å². The molecule has 0 aliphatic heterocycles. The van der Waals surface area contributed by atoms with Crippen molar-refractivity contribution in [3.05, 3.63) is 29.8 Å². The van der Waals surface area contributed by atoms with Crippen molar-refractivity contribution in [2.45, 2.75) is 38.1 Å². The molecule has 128 valence electrons. The molecule has 1 aromatic carbocycles. The maximum absolute atomic E-state index is 12.4. The van der Waals surface area contributed by atoms with Crippen LogP contribution in [-0.2, 0) is 4.79 Å². The summed E-state index contributed by atoms with van der Waals surface area (Å²) in [5.74, 6) is -0.938. The standard InChI is InChI=1S/C16H20F3NO3/c1-10(21)7-8-20(2)15(22)13-9-12(13)11-5-3-4-6-14(11)23-16(17,18)19/h3-6,10,12-13,21H,7-9H2,1-2H3.